The van der Waals surface area contributed by atoms with Crippen LogP contribution in [0.5, 0.6) is 5.75 Å². The quantitative estimate of drug-likeness (QED) is 0.365. The molecule has 0 amide bonds. The molecule has 0 heterocycles. The van der Waals surface area contributed by atoms with Crippen molar-refractivity contribution < 1.29 is 13.6 Å². The largest absolute Gasteiger partial charge is 0.424 e. The lowest BCUT2D eigenvalue weighted by Gasteiger charge is -2.18. The summed E-state index contributed by atoms with van der Waals surface area (Å²) in [7, 11) is -3.03. The molecule has 0 fully saturated rings. The molecule has 4 heteroatoms. The Morgan fingerprint density at radius 2 is 1.95 bits per heavy atom. The summed E-state index contributed by atoms with van der Waals surface area (Å²) in [5.74, 6) is 0.603. The van der Waals surface area contributed by atoms with Gasteiger partial charge >= 0.3 is 7.60 Å². The summed E-state index contributed by atoms with van der Waals surface area (Å²) in [5.41, 5.74) is 1.14. The van der Waals surface area contributed by atoms with Gasteiger partial charge in [0.1, 0.15) is 5.75 Å². The van der Waals surface area contributed by atoms with Crippen molar-refractivity contribution in [3.63, 3.8) is 0 Å². The predicted octanol–water partition coefficient (Wildman–Crippen LogP) is 4.96. The Balaban J connectivity index is 2.61. The van der Waals surface area contributed by atoms with Crippen LogP contribution >= 0.6 is 7.60 Å². The summed E-state index contributed by atoms with van der Waals surface area (Å²) in [6, 6.07) is 7.52. The molecule has 0 saturated heterocycles. The summed E-state index contributed by atoms with van der Waals surface area (Å²) in [6.45, 7) is 7.90. The summed E-state index contributed by atoms with van der Waals surface area (Å²) in [4.78, 5) is 0. The summed E-state index contributed by atoms with van der Waals surface area (Å²) >= 11 is 0. The highest BCUT2D eigenvalue weighted by atomic mass is 31.2. The van der Waals surface area contributed by atoms with Gasteiger partial charge in [-0.05, 0) is 45.2 Å². The molecule has 1 aromatic rings. The van der Waals surface area contributed by atoms with E-state index in [4.69, 9.17) is 9.05 Å². The van der Waals surface area contributed by atoms with Gasteiger partial charge in [-0.1, -0.05) is 23.8 Å². The molecule has 106 valence electrons. The number of hydrogen-bond acceptors (Lipinski definition) is 3. The van der Waals surface area contributed by atoms with Crippen LogP contribution in [-0.2, 0) is 9.09 Å². The van der Waals surface area contributed by atoms with E-state index in [9.17, 15) is 4.57 Å². The first kappa shape index (κ1) is 16.0. The van der Waals surface area contributed by atoms with Gasteiger partial charge in [-0.15, -0.1) is 6.58 Å². The van der Waals surface area contributed by atoms with Crippen molar-refractivity contribution in [1.29, 1.82) is 0 Å². The topological polar surface area (TPSA) is 35.5 Å². The van der Waals surface area contributed by atoms with E-state index in [1.807, 2.05) is 44.2 Å². The van der Waals surface area contributed by atoms with Gasteiger partial charge in [-0.2, -0.15) is 0 Å². The van der Waals surface area contributed by atoms with E-state index >= 15 is 0 Å². The van der Waals surface area contributed by atoms with Gasteiger partial charge in [-0.25, -0.2) is 4.57 Å². The molecule has 0 spiro atoms. The second-order valence-corrected chi connectivity index (χ2v) is 6.55. The maximum atomic E-state index is 12.6. The number of aryl methyl sites for hydroxylation is 1. The van der Waals surface area contributed by atoms with Gasteiger partial charge in [-0.3, -0.25) is 0 Å². The maximum Gasteiger partial charge on any atom is 0.379 e. The molecule has 19 heavy (non-hydrogen) atoms. The van der Waals surface area contributed by atoms with E-state index in [1.165, 1.54) is 0 Å². The van der Waals surface area contributed by atoms with Gasteiger partial charge in [0.15, 0.2) is 0 Å². The third kappa shape index (κ3) is 6.09. The van der Waals surface area contributed by atoms with Crippen LogP contribution in [0.15, 0.2) is 36.9 Å². The van der Waals surface area contributed by atoms with E-state index in [0.29, 0.717) is 18.5 Å². The Hall–Kier alpha value is -1.05. The number of allylic oxidation sites excluding steroid dienone is 1. The van der Waals surface area contributed by atoms with Crippen LogP contribution in [0.1, 0.15) is 31.7 Å². The SMILES string of the molecule is C=CCCCCP(=O)(OCC)Oc1ccc(C)cc1. The van der Waals surface area contributed by atoms with Crippen LogP contribution in [0.2, 0.25) is 0 Å². The van der Waals surface area contributed by atoms with E-state index < -0.39 is 7.60 Å². The van der Waals surface area contributed by atoms with Gasteiger partial charge in [0.05, 0.1) is 12.8 Å². The zero-order chi connectivity index (χ0) is 14.1. The van der Waals surface area contributed by atoms with Crippen LogP contribution < -0.4 is 4.52 Å². The monoisotopic (exact) mass is 282 g/mol. The fourth-order valence-corrected chi connectivity index (χ4v) is 3.41. The first-order valence-corrected chi connectivity index (χ1v) is 8.43. The summed E-state index contributed by atoms with van der Waals surface area (Å²) in [6.07, 6.45) is 5.01. The van der Waals surface area contributed by atoms with Crippen molar-refractivity contribution in [2.75, 3.05) is 12.8 Å². The molecule has 3 nitrogen and oxygen atoms in total. The predicted molar refractivity (Wildman–Crippen MR) is 80.0 cm³/mol. The molecule has 0 aliphatic heterocycles. The fraction of sp³-hybridized carbons (Fsp3) is 0.467. The van der Waals surface area contributed by atoms with Gasteiger partial charge in [0.25, 0.3) is 0 Å². The van der Waals surface area contributed by atoms with Crippen molar-refractivity contribution >= 4 is 7.60 Å². The molecule has 0 aromatic heterocycles. The average molecular weight is 282 g/mol. The zero-order valence-corrected chi connectivity index (χ0v) is 12.7. The van der Waals surface area contributed by atoms with E-state index in [1.54, 1.807) is 0 Å². The third-order valence-corrected chi connectivity index (χ3v) is 4.69. The van der Waals surface area contributed by atoms with Crippen molar-refractivity contribution in [1.82, 2.24) is 0 Å². The van der Waals surface area contributed by atoms with E-state index in [0.717, 1.165) is 24.8 Å². The lowest BCUT2D eigenvalue weighted by molar-refractivity contribution is 0.278. The molecule has 1 aromatic carbocycles. The lowest BCUT2D eigenvalue weighted by Crippen LogP contribution is -2.03. The summed E-state index contributed by atoms with van der Waals surface area (Å²) in [5, 5.41) is 0. The van der Waals surface area contributed by atoms with Crippen molar-refractivity contribution in [3.8, 4) is 5.75 Å². The molecular weight excluding hydrogens is 259 g/mol. The van der Waals surface area contributed by atoms with Crippen LogP contribution in [0, 0.1) is 6.92 Å². The maximum absolute atomic E-state index is 12.6. The average Bonchev–Trinajstić information content (AvgIpc) is 2.38. The van der Waals surface area contributed by atoms with Gasteiger partial charge < -0.3 is 9.05 Å². The Bertz CT molecular complexity index is 426. The van der Waals surface area contributed by atoms with Crippen LogP contribution in [-0.4, -0.2) is 12.8 Å². The molecule has 1 rings (SSSR count). The molecule has 0 aliphatic rings. The Labute approximate surface area is 116 Å². The molecular formula is C15H23O3P. The molecule has 0 N–H and O–H groups in total. The fourth-order valence-electron chi connectivity index (χ4n) is 1.69. The zero-order valence-electron chi connectivity index (χ0n) is 11.8. The standard InChI is InChI=1S/C15H23O3P/c1-4-6-7-8-13-19(16,17-5-2)18-15-11-9-14(3)10-12-15/h4,9-12H,1,5-8,13H2,2-3H3. The van der Waals surface area contributed by atoms with E-state index in [2.05, 4.69) is 6.58 Å². The third-order valence-electron chi connectivity index (χ3n) is 2.68. The first-order chi connectivity index (χ1) is 9.09. The molecule has 0 radical (unpaired) electrons. The summed E-state index contributed by atoms with van der Waals surface area (Å²) < 4.78 is 23.5. The lowest BCUT2D eigenvalue weighted by atomic mass is 10.2. The van der Waals surface area contributed by atoms with Crippen molar-refractivity contribution in [2.45, 2.75) is 33.1 Å². The Morgan fingerprint density at radius 3 is 2.53 bits per heavy atom. The Kier molecular flexibility index (Phi) is 6.90. The van der Waals surface area contributed by atoms with Crippen LogP contribution in [0.25, 0.3) is 0 Å². The molecule has 0 aliphatic carbocycles. The minimum atomic E-state index is -3.03. The second kappa shape index (κ2) is 8.19. The molecule has 1 unspecified atom stereocenters. The van der Waals surface area contributed by atoms with Crippen LogP contribution in [0.3, 0.4) is 0 Å². The van der Waals surface area contributed by atoms with E-state index in [-0.39, 0.29) is 0 Å². The number of unbranched alkanes of at least 4 members (excludes halogenated alkanes) is 2. The van der Waals surface area contributed by atoms with Gasteiger partial charge in [0.2, 0.25) is 0 Å². The highest BCUT2D eigenvalue weighted by Gasteiger charge is 2.24. The molecule has 0 saturated carbocycles. The van der Waals surface area contributed by atoms with Crippen LogP contribution in [0.4, 0.5) is 0 Å². The molecule has 1 atom stereocenters. The number of hydrogen-bond donors (Lipinski definition) is 0. The Morgan fingerprint density at radius 1 is 1.26 bits per heavy atom. The highest BCUT2D eigenvalue weighted by molar-refractivity contribution is 7.54. The van der Waals surface area contributed by atoms with Crippen molar-refractivity contribution in [2.24, 2.45) is 0 Å². The number of benzene rings is 1. The molecule has 0 bridgehead atoms. The highest BCUT2D eigenvalue weighted by Crippen LogP contribution is 2.49. The minimum absolute atomic E-state index is 0.393. The van der Waals surface area contributed by atoms with Crippen molar-refractivity contribution in [3.05, 3.63) is 42.5 Å². The number of rotatable bonds is 9. The van der Waals surface area contributed by atoms with Gasteiger partial charge in [0, 0.05) is 0 Å². The minimum Gasteiger partial charge on any atom is -0.424 e. The normalized spacial score (nSPS) is 13.8. The first-order valence-electron chi connectivity index (χ1n) is 6.70. The smallest absolute Gasteiger partial charge is 0.379 e. The second-order valence-electron chi connectivity index (χ2n) is 4.44.